The minimum absolute atomic E-state index is 0.237. The first-order chi connectivity index (χ1) is 5.86. The van der Waals surface area contributed by atoms with Crippen molar-refractivity contribution in [2.24, 2.45) is 0 Å². The van der Waals surface area contributed by atoms with Crippen LogP contribution in [0.1, 0.15) is 17.9 Å². The van der Waals surface area contributed by atoms with Crippen LogP contribution < -0.4 is 5.32 Å². The molecule has 0 spiro atoms. The third-order valence-electron chi connectivity index (χ3n) is 2.26. The van der Waals surface area contributed by atoms with Crippen LogP contribution in [0.4, 0.5) is 4.39 Å². The molecule has 0 amide bonds. The number of nitrogens with zero attached hydrogens (tertiary/aromatic N) is 1. The average Bonchev–Trinajstić information content (AvgIpc) is 2.56. The monoisotopic (exact) mass is 166 g/mol. The van der Waals surface area contributed by atoms with Crippen LogP contribution in [0.3, 0.4) is 0 Å². The van der Waals surface area contributed by atoms with Gasteiger partial charge in [0.1, 0.15) is 5.82 Å². The maximum atomic E-state index is 12.7. The lowest BCUT2D eigenvalue weighted by atomic mass is 10.0. The molecule has 0 saturated carbocycles. The van der Waals surface area contributed by atoms with E-state index >= 15 is 0 Å². The first-order valence-corrected chi connectivity index (χ1v) is 4.17. The van der Waals surface area contributed by atoms with Crippen LogP contribution in [0.15, 0.2) is 18.5 Å². The van der Waals surface area contributed by atoms with Crippen molar-refractivity contribution < 1.29 is 4.39 Å². The number of hydrogen-bond donors (Lipinski definition) is 1. The molecule has 1 aromatic rings. The number of pyridine rings is 1. The van der Waals surface area contributed by atoms with Gasteiger partial charge >= 0.3 is 0 Å². The number of aromatic nitrogens is 1. The molecule has 64 valence electrons. The molecule has 1 atom stereocenters. The van der Waals surface area contributed by atoms with Crippen molar-refractivity contribution in [2.75, 3.05) is 13.1 Å². The highest BCUT2D eigenvalue weighted by Crippen LogP contribution is 2.21. The van der Waals surface area contributed by atoms with Crippen molar-refractivity contribution in [1.29, 1.82) is 0 Å². The molecule has 3 heteroatoms. The molecule has 1 unspecified atom stereocenters. The van der Waals surface area contributed by atoms with Crippen LogP contribution >= 0.6 is 0 Å². The Kier molecular flexibility index (Phi) is 2.04. The Bertz CT molecular complexity index is 269. The van der Waals surface area contributed by atoms with Crippen LogP contribution in [0, 0.1) is 5.82 Å². The molecule has 1 aliphatic rings. The van der Waals surface area contributed by atoms with E-state index in [0.29, 0.717) is 5.92 Å². The van der Waals surface area contributed by atoms with Crippen LogP contribution in [-0.2, 0) is 0 Å². The van der Waals surface area contributed by atoms with Crippen molar-refractivity contribution in [3.63, 3.8) is 0 Å². The zero-order valence-electron chi connectivity index (χ0n) is 6.76. The fraction of sp³-hybridized carbons (Fsp3) is 0.444. The van der Waals surface area contributed by atoms with Crippen LogP contribution in [0.25, 0.3) is 0 Å². The van der Waals surface area contributed by atoms with Gasteiger partial charge < -0.3 is 5.32 Å². The van der Waals surface area contributed by atoms with Gasteiger partial charge in [-0.3, -0.25) is 4.98 Å². The quantitative estimate of drug-likeness (QED) is 0.680. The fourth-order valence-corrected chi connectivity index (χ4v) is 1.59. The highest BCUT2D eigenvalue weighted by atomic mass is 19.1. The summed E-state index contributed by atoms with van der Waals surface area (Å²) < 4.78 is 12.7. The largest absolute Gasteiger partial charge is 0.316 e. The molecule has 0 aromatic carbocycles. The molecule has 1 aliphatic heterocycles. The number of halogens is 1. The highest BCUT2D eigenvalue weighted by molar-refractivity contribution is 5.17. The first-order valence-electron chi connectivity index (χ1n) is 4.17. The van der Waals surface area contributed by atoms with Crippen molar-refractivity contribution in [3.05, 3.63) is 29.8 Å². The van der Waals surface area contributed by atoms with Gasteiger partial charge in [0.25, 0.3) is 0 Å². The highest BCUT2D eigenvalue weighted by Gasteiger charge is 2.16. The minimum atomic E-state index is -0.237. The van der Waals surface area contributed by atoms with Gasteiger partial charge in [-0.15, -0.1) is 0 Å². The Morgan fingerprint density at radius 3 is 3.08 bits per heavy atom. The Hall–Kier alpha value is -0.960. The molecule has 0 radical (unpaired) electrons. The summed E-state index contributed by atoms with van der Waals surface area (Å²) in [5, 5.41) is 3.24. The topological polar surface area (TPSA) is 24.9 Å². The second-order valence-electron chi connectivity index (χ2n) is 3.13. The zero-order chi connectivity index (χ0) is 8.39. The summed E-state index contributed by atoms with van der Waals surface area (Å²) in [4.78, 5) is 3.83. The van der Waals surface area contributed by atoms with Crippen LogP contribution in [0.2, 0.25) is 0 Å². The molecular weight excluding hydrogens is 155 g/mol. The molecule has 0 aliphatic carbocycles. The Balaban J connectivity index is 2.21. The summed E-state index contributed by atoms with van der Waals surface area (Å²) in [7, 11) is 0. The molecule has 1 saturated heterocycles. The lowest BCUT2D eigenvalue weighted by Crippen LogP contribution is -2.08. The SMILES string of the molecule is Fc1cncc(C2CCNC2)c1. The van der Waals surface area contributed by atoms with Crippen molar-refractivity contribution >= 4 is 0 Å². The normalized spacial score (nSPS) is 22.9. The summed E-state index contributed by atoms with van der Waals surface area (Å²) in [6.07, 6.45) is 4.08. The maximum Gasteiger partial charge on any atom is 0.141 e. The lowest BCUT2D eigenvalue weighted by molar-refractivity contribution is 0.613. The van der Waals surface area contributed by atoms with Crippen LogP contribution in [-0.4, -0.2) is 18.1 Å². The predicted molar refractivity (Wildman–Crippen MR) is 44.4 cm³/mol. The maximum absolute atomic E-state index is 12.7. The lowest BCUT2D eigenvalue weighted by Gasteiger charge is -2.06. The van der Waals surface area contributed by atoms with E-state index in [1.54, 1.807) is 12.3 Å². The molecule has 1 fully saturated rings. The summed E-state index contributed by atoms with van der Waals surface area (Å²) in [5.41, 5.74) is 1.01. The first kappa shape index (κ1) is 7.68. The van der Waals surface area contributed by atoms with Crippen LogP contribution in [0.5, 0.6) is 0 Å². The molecule has 1 N–H and O–H groups in total. The molecule has 0 bridgehead atoms. The van der Waals surface area contributed by atoms with E-state index < -0.39 is 0 Å². The van der Waals surface area contributed by atoms with Gasteiger partial charge in [0, 0.05) is 12.7 Å². The molecule has 2 heterocycles. The summed E-state index contributed by atoms with van der Waals surface area (Å²) in [5.74, 6) is 0.215. The van der Waals surface area contributed by atoms with E-state index in [9.17, 15) is 4.39 Å². The van der Waals surface area contributed by atoms with Gasteiger partial charge in [-0.1, -0.05) is 0 Å². The summed E-state index contributed by atoms with van der Waals surface area (Å²) in [6.45, 7) is 1.98. The molecular formula is C9H11FN2. The van der Waals surface area contributed by atoms with Gasteiger partial charge in [-0.2, -0.15) is 0 Å². The molecule has 2 rings (SSSR count). The van der Waals surface area contributed by atoms with Crippen molar-refractivity contribution in [3.8, 4) is 0 Å². The van der Waals surface area contributed by atoms with Gasteiger partial charge in [-0.05, 0) is 30.5 Å². The van der Waals surface area contributed by atoms with Gasteiger partial charge in [0.05, 0.1) is 6.20 Å². The zero-order valence-corrected chi connectivity index (χ0v) is 6.76. The number of rotatable bonds is 1. The smallest absolute Gasteiger partial charge is 0.141 e. The van der Waals surface area contributed by atoms with Gasteiger partial charge in [0.2, 0.25) is 0 Å². The Morgan fingerprint density at radius 1 is 1.50 bits per heavy atom. The van der Waals surface area contributed by atoms with E-state index in [1.165, 1.54) is 6.20 Å². The molecule has 2 nitrogen and oxygen atoms in total. The second-order valence-corrected chi connectivity index (χ2v) is 3.13. The fourth-order valence-electron chi connectivity index (χ4n) is 1.59. The van der Waals surface area contributed by atoms with E-state index in [2.05, 4.69) is 10.3 Å². The molecule has 1 aromatic heterocycles. The molecule has 12 heavy (non-hydrogen) atoms. The average molecular weight is 166 g/mol. The van der Waals surface area contributed by atoms with Gasteiger partial charge in [0.15, 0.2) is 0 Å². The van der Waals surface area contributed by atoms with E-state index in [4.69, 9.17) is 0 Å². The Morgan fingerprint density at radius 2 is 2.42 bits per heavy atom. The third kappa shape index (κ3) is 1.46. The van der Waals surface area contributed by atoms with Crippen molar-refractivity contribution in [2.45, 2.75) is 12.3 Å². The minimum Gasteiger partial charge on any atom is -0.316 e. The van der Waals surface area contributed by atoms with E-state index in [0.717, 1.165) is 25.1 Å². The third-order valence-corrected chi connectivity index (χ3v) is 2.26. The van der Waals surface area contributed by atoms with E-state index in [1.807, 2.05) is 0 Å². The Labute approximate surface area is 70.8 Å². The number of nitrogens with one attached hydrogen (secondary N) is 1. The summed E-state index contributed by atoms with van der Waals surface area (Å²) in [6, 6.07) is 1.57. The second kappa shape index (κ2) is 3.19. The number of hydrogen-bond acceptors (Lipinski definition) is 2. The summed E-state index contributed by atoms with van der Waals surface area (Å²) >= 11 is 0. The predicted octanol–water partition coefficient (Wildman–Crippen LogP) is 1.30. The van der Waals surface area contributed by atoms with Crippen molar-refractivity contribution in [1.82, 2.24) is 10.3 Å². The van der Waals surface area contributed by atoms with E-state index in [-0.39, 0.29) is 5.82 Å². The standard InChI is InChI=1S/C9H11FN2/c10-9-3-8(5-12-6-9)7-1-2-11-4-7/h3,5-7,11H,1-2,4H2. The van der Waals surface area contributed by atoms with Gasteiger partial charge in [-0.25, -0.2) is 4.39 Å².